The van der Waals surface area contributed by atoms with Gasteiger partial charge in [0.25, 0.3) is 5.91 Å². The lowest BCUT2D eigenvalue weighted by atomic mass is 10.0. The molecule has 5 nitrogen and oxygen atoms in total. The molecule has 0 saturated carbocycles. The van der Waals surface area contributed by atoms with Crippen LogP contribution in [0, 0.1) is 0 Å². The molecule has 0 unspecified atom stereocenters. The molecule has 30 heavy (non-hydrogen) atoms. The number of sulfonamides is 1. The maximum atomic E-state index is 12.9. The molecular weight excluding hydrogens is 420 g/mol. The van der Waals surface area contributed by atoms with Crippen LogP contribution in [0.15, 0.2) is 77.7 Å². The number of rotatable bonds is 7. The van der Waals surface area contributed by atoms with E-state index in [1.54, 1.807) is 13.8 Å². The van der Waals surface area contributed by atoms with Crippen LogP contribution in [0.25, 0.3) is 11.1 Å². The maximum Gasteiger partial charge on any atom is 0.255 e. The number of nitrogens with one attached hydrogen (secondary N) is 1. The molecule has 7 heteroatoms. The molecule has 0 radical (unpaired) electrons. The first-order valence-corrected chi connectivity index (χ1v) is 11.5. The minimum Gasteiger partial charge on any atom is -0.321 e. The van der Waals surface area contributed by atoms with Crippen molar-refractivity contribution >= 4 is 33.2 Å². The Bertz CT molecular complexity index is 1140. The molecule has 0 aliphatic rings. The van der Waals surface area contributed by atoms with E-state index in [1.165, 1.54) is 22.5 Å². The zero-order valence-electron chi connectivity index (χ0n) is 16.8. The predicted molar refractivity (Wildman–Crippen MR) is 121 cm³/mol. The van der Waals surface area contributed by atoms with Gasteiger partial charge in [0.15, 0.2) is 0 Å². The number of carbonyl (C=O) groups is 1. The van der Waals surface area contributed by atoms with E-state index in [1.807, 2.05) is 54.6 Å². The molecule has 0 saturated heterocycles. The van der Waals surface area contributed by atoms with E-state index in [-0.39, 0.29) is 15.5 Å². The van der Waals surface area contributed by atoms with Crippen LogP contribution in [0.4, 0.5) is 5.69 Å². The van der Waals surface area contributed by atoms with Crippen LogP contribution in [0.3, 0.4) is 0 Å². The highest BCUT2D eigenvalue weighted by atomic mass is 35.5. The third-order valence-corrected chi connectivity index (χ3v) is 7.31. The van der Waals surface area contributed by atoms with Gasteiger partial charge in [0.05, 0.1) is 5.02 Å². The van der Waals surface area contributed by atoms with Crippen molar-refractivity contribution in [3.8, 4) is 11.1 Å². The summed E-state index contributed by atoms with van der Waals surface area (Å²) in [6, 6.07) is 21.5. The fraction of sp³-hybridized carbons (Fsp3) is 0.174. The van der Waals surface area contributed by atoms with Gasteiger partial charge in [-0.2, -0.15) is 4.31 Å². The first-order chi connectivity index (χ1) is 14.4. The van der Waals surface area contributed by atoms with Gasteiger partial charge in [0, 0.05) is 29.9 Å². The molecule has 3 aromatic carbocycles. The van der Waals surface area contributed by atoms with Gasteiger partial charge in [-0.05, 0) is 29.8 Å². The summed E-state index contributed by atoms with van der Waals surface area (Å²) < 4.78 is 27.1. The van der Waals surface area contributed by atoms with E-state index in [0.29, 0.717) is 18.8 Å². The lowest BCUT2D eigenvalue weighted by molar-refractivity contribution is 0.102. The van der Waals surface area contributed by atoms with Crippen LogP contribution in [-0.2, 0) is 10.0 Å². The monoisotopic (exact) mass is 442 g/mol. The number of carbonyl (C=O) groups excluding carboxylic acids is 1. The summed E-state index contributed by atoms with van der Waals surface area (Å²) in [5, 5.41) is 2.98. The Hall–Kier alpha value is -2.67. The summed E-state index contributed by atoms with van der Waals surface area (Å²) in [4.78, 5) is 12.9. The largest absolute Gasteiger partial charge is 0.321 e. The van der Waals surface area contributed by atoms with Gasteiger partial charge in [-0.25, -0.2) is 8.42 Å². The quantitative estimate of drug-likeness (QED) is 0.540. The number of para-hydroxylation sites is 1. The van der Waals surface area contributed by atoms with Gasteiger partial charge in [-0.3, -0.25) is 4.79 Å². The van der Waals surface area contributed by atoms with Crippen LogP contribution in [0.5, 0.6) is 0 Å². The van der Waals surface area contributed by atoms with Gasteiger partial charge in [-0.1, -0.05) is 74.0 Å². The highest BCUT2D eigenvalue weighted by Gasteiger charge is 2.25. The van der Waals surface area contributed by atoms with Crippen molar-refractivity contribution in [3.63, 3.8) is 0 Å². The van der Waals surface area contributed by atoms with E-state index in [0.717, 1.165) is 11.1 Å². The topological polar surface area (TPSA) is 66.5 Å². The molecule has 0 atom stereocenters. The van der Waals surface area contributed by atoms with Crippen molar-refractivity contribution in [1.82, 2.24) is 4.31 Å². The Kier molecular flexibility index (Phi) is 6.92. The van der Waals surface area contributed by atoms with E-state index in [4.69, 9.17) is 11.6 Å². The molecule has 0 heterocycles. The van der Waals surface area contributed by atoms with E-state index in [9.17, 15) is 13.2 Å². The average Bonchev–Trinajstić information content (AvgIpc) is 2.75. The standard InChI is InChI=1S/C23H23ClN2O3S/c1-3-26(4-2)30(28,29)22-16-18(14-15-20(22)24)23(27)25-21-13-9-8-12-19(21)17-10-6-5-7-11-17/h5-16H,3-4H2,1-2H3,(H,25,27). The Balaban J connectivity index is 1.95. The molecule has 0 aliphatic heterocycles. The minimum atomic E-state index is -3.79. The van der Waals surface area contributed by atoms with Crippen LogP contribution in [0.2, 0.25) is 5.02 Å². The van der Waals surface area contributed by atoms with Gasteiger partial charge in [-0.15, -0.1) is 0 Å². The third-order valence-electron chi connectivity index (χ3n) is 4.78. The molecule has 1 N–H and O–H groups in total. The average molecular weight is 443 g/mol. The van der Waals surface area contributed by atoms with Gasteiger partial charge in [0.2, 0.25) is 10.0 Å². The number of anilines is 1. The Labute approximate surface area is 182 Å². The fourth-order valence-corrected chi connectivity index (χ4v) is 5.16. The van der Waals surface area contributed by atoms with E-state index < -0.39 is 15.9 Å². The third kappa shape index (κ3) is 4.56. The molecule has 0 bridgehead atoms. The van der Waals surface area contributed by atoms with Crippen molar-refractivity contribution in [2.45, 2.75) is 18.7 Å². The van der Waals surface area contributed by atoms with Crippen LogP contribution in [0.1, 0.15) is 24.2 Å². The summed E-state index contributed by atoms with van der Waals surface area (Å²) in [5.41, 5.74) is 2.69. The molecule has 0 aliphatic carbocycles. The van der Waals surface area contributed by atoms with Crippen LogP contribution < -0.4 is 5.32 Å². The zero-order chi connectivity index (χ0) is 21.7. The summed E-state index contributed by atoms with van der Waals surface area (Å²) in [6.45, 7) is 4.14. The van der Waals surface area contributed by atoms with Gasteiger partial charge < -0.3 is 5.32 Å². The summed E-state index contributed by atoms with van der Waals surface area (Å²) in [5.74, 6) is -0.411. The second-order valence-corrected chi connectivity index (χ2v) is 8.91. The number of halogens is 1. The molecule has 3 rings (SSSR count). The predicted octanol–water partition coefficient (Wildman–Crippen LogP) is 5.29. The Morgan fingerprint density at radius 1 is 0.933 bits per heavy atom. The summed E-state index contributed by atoms with van der Waals surface area (Å²) >= 11 is 6.17. The van der Waals surface area contributed by atoms with Gasteiger partial charge in [0.1, 0.15) is 4.90 Å². The highest BCUT2D eigenvalue weighted by molar-refractivity contribution is 7.89. The Morgan fingerprint density at radius 3 is 2.23 bits per heavy atom. The molecule has 0 aromatic heterocycles. The second kappa shape index (κ2) is 9.43. The van der Waals surface area contributed by atoms with E-state index >= 15 is 0 Å². The van der Waals surface area contributed by atoms with Crippen molar-refractivity contribution < 1.29 is 13.2 Å². The number of benzene rings is 3. The highest BCUT2D eigenvalue weighted by Crippen LogP contribution is 2.29. The molecule has 3 aromatic rings. The summed E-state index contributed by atoms with van der Waals surface area (Å²) in [7, 11) is -3.79. The van der Waals surface area contributed by atoms with Gasteiger partial charge >= 0.3 is 0 Å². The number of hydrogen-bond acceptors (Lipinski definition) is 3. The summed E-state index contributed by atoms with van der Waals surface area (Å²) in [6.07, 6.45) is 0. The fourth-order valence-electron chi connectivity index (χ4n) is 3.20. The van der Waals surface area contributed by atoms with E-state index in [2.05, 4.69) is 5.32 Å². The minimum absolute atomic E-state index is 0.0724. The lowest BCUT2D eigenvalue weighted by Crippen LogP contribution is -2.31. The molecule has 156 valence electrons. The van der Waals surface area contributed by atoms with Crippen molar-refractivity contribution in [2.24, 2.45) is 0 Å². The first-order valence-electron chi connectivity index (χ1n) is 9.64. The molecule has 0 fully saturated rings. The molecular formula is C23H23ClN2O3S. The Morgan fingerprint density at radius 2 is 1.57 bits per heavy atom. The normalized spacial score (nSPS) is 11.5. The lowest BCUT2D eigenvalue weighted by Gasteiger charge is -2.19. The molecule has 0 spiro atoms. The zero-order valence-corrected chi connectivity index (χ0v) is 18.4. The molecule has 1 amide bonds. The maximum absolute atomic E-state index is 12.9. The number of hydrogen-bond donors (Lipinski definition) is 1. The van der Waals surface area contributed by atoms with Crippen molar-refractivity contribution in [1.29, 1.82) is 0 Å². The smallest absolute Gasteiger partial charge is 0.255 e. The second-order valence-electron chi connectivity index (χ2n) is 6.60. The van der Waals surface area contributed by atoms with Crippen molar-refractivity contribution in [3.05, 3.63) is 83.4 Å². The van der Waals surface area contributed by atoms with Crippen LogP contribution >= 0.6 is 11.6 Å². The first kappa shape index (κ1) is 22.0. The number of amides is 1. The van der Waals surface area contributed by atoms with Crippen molar-refractivity contribution in [2.75, 3.05) is 18.4 Å². The van der Waals surface area contributed by atoms with Crippen LogP contribution in [-0.4, -0.2) is 31.7 Å². The SMILES string of the molecule is CCN(CC)S(=O)(=O)c1cc(C(=O)Nc2ccccc2-c2ccccc2)ccc1Cl. The number of nitrogens with zero attached hydrogens (tertiary/aromatic N) is 1.